The Hall–Kier alpha value is -2.16. The van der Waals surface area contributed by atoms with Gasteiger partial charge in [-0.2, -0.15) is 0 Å². The van der Waals surface area contributed by atoms with Crippen LogP contribution < -0.4 is 5.73 Å². The summed E-state index contributed by atoms with van der Waals surface area (Å²) < 4.78 is 31.1. The molecule has 2 aromatic carbocycles. The molecular formula is C19H25N3O4S. The minimum atomic E-state index is -3.51. The van der Waals surface area contributed by atoms with Crippen LogP contribution in [-0.4, -0.2) is 63.0 Å². The Morgan fingerprint density at radius 2 is 1.74 bits per heavy atom. The van der Waals surface area contributed by atoms with Gasteiger partial charge in [-0.1, -0.05) is 30.3 Å². The van der Waals surface area contributed by atoms with E-state index in [1.807, 2.05) is 29.2 Å². The van der Waals surface area contributed by atoms with Gasteiger partial charge in [-0.15, -0.1) is 0 Å². The van der Waals surface area contributed by atoms with Crippen LogP contribution in [0.3, 0.4) is 0 Å². The molecule has 0 unspecified atom stereocenters. The lowest BCUT2D eigenvalue weighted by molar-refractivity contribution is 0.0839. The van der Waals surface area contributed by atoms with Crippen molar-refractivity contribution in [2.24, 2.45) is 5.73 Å². The van der Waals surface area contributed by atoms with Crippen molar-refractivity contribution in [1.29, 1.82) is 0 Å². The van der Waals surface area contributed by atoms with Crippen molar-refractivity contribution in [2.45, 2.75) is 18.4 Å². The largest absolute Gasteiger partial charge is 0.450 e. The van der Waals surface area contributed by atoms with Crippen LogP contribution >= 0.6 is 0 Å². The molecule has 1 heterocycles. The maximum absolute atomic E-state index is 13.1. The predicted octanol–water partition coefficient (Wildman–Crippen LogP) is 1.80. The Morgan fingerprint density at radius 3 is 2.37 bits per heavy atom. The van der Waals surface area contributed by atoms with Crippen LogP contribution in [0, 0.1) is 0 Å². The first-order valence-corrected chi connectivity index (χ1v) is 10.7. The Balaban J connectivity index is 1.77. The van der Waals surface area contributed by atoms with E-state index in [1.54, 1.807) is 24.0 Å². The summed E-state index contributed by atoms with van der Waals surface area (Å²) in [6.45, 7) is 4.37. The first kappa shape index (κ1) is 19.6. The summed E-state index contributed by atoms with van der Waals surface area (Å²) in [5, 5.41) is 1.57. The molecule has 1 aliphatic heterocycles. The number of nitrogens with zero attached hydrogens (tertiary/aromatic N) is 2. The summed E-state index contributed by atoms with van der Waals surface area (Å²) in [4.78, 5) is 15.6. The van der Waals surface area contributed by atoms with E-state index in [-0.39, 0.29) is 12.0 Å². The third kappa shape index (κ3) is 4.23. The molecule has 7 nitrogen and oxygen atoms in total. The molecule has 1 aliphatic rings. The van der Waals surface area contributed by atoms with Crippen LogP contribution in [0.1, 0.15) is 12.5 Å². The van der Waals surface area contributed by atoms with Crippen molar-refractivity contribution < 1.29 is 17.9 Å². The highest BCUT2D eigenvalue weighted by molar-refractivity contribution is 7.91. The quantitative estimate of drug-likeness (QED) is 0.835. The van der Waals surface area contributed by atoms with Gasteiger partial charge in [0.05, 0.1) is 11.5 Å². The van der Waals surface area contributed by atoms with Crippen LogP contribution in [0.25, 0.3) is 10.8 Å². The summed E-state index contributed by atoms with van der Waals surface area (Å²) in [5.74, 6) is -0.0738. The first-order chi connectivity index (χ1) is 13.0. The molecule has 2 aromatic rings. The molecule has 0 atom stereocenters. The molecule has 0 spiro atoms. The third-order valence-corrected chi connectivity index (χ3v) is 6.51. The molecule has 8 heteroatoms. The lowest BCUT2D eigenvalue weighted by atomic mass is 10.0. The van der Waals surface area contributed by atoms with E-state index in [2.05, 4.69) is 0 Å². The summed E-state index contributed by atoms with van der Waals surface area (Å²) in [6.07, 6.45) is -0.344. The van der Waals surface area contributed by atoms with E-state index in [4.69, 9.17) is 10.5 Å². The second kappa shape index (κ2) is 8.24. The fourth-order valence-corrected chi connectivity index (χ4v) is 5.03. The van der Waals surface area contributed by atoms with Crippen molar-refractivity contribution in [1.82, 2.24) is 9.80 Å². The van der Waals surface area contributed by atoms with Crippen LogP contribution in [0.4, 0.5) is 4.79 Å². The normalized spacial score (nSPS) is 15.9. The number of hydrogen-bond acceptors (Lipinski definition) is 6. The molecule has 0 aliphatic carbocycles. The lowest BCUT2D eigenvalue weighted by Crippen LogP contribution is -2.50. The number of amides is 1. The van der Waals surface area contributed by atoms with E-state index >= 15 is 0 Å². The van der Waals surface area contributed by atoms with Crippen LogP contribution in [0.2, 0.25) is 0 Å². The zero-order chi connectivity index (χ0) is 19.4. The maximum Gasteiger partial charge on any atom is 0.409 e. The SMILES string of the molecule is CCOC(=O)N1CCN(CS(=O)(=O)c2ccc(CN)c3ccccc23)CC1. The molecule has 146 valence electrons. The van der Waals surface area contributed by atoms with Crippen LogP contribution in [0.15, 0.2) is 41.3 Å². The smallest absolute Gasteiger partial charge is 0.409 e. The van der Waals surface area contributed by atoms with Crippen molar-refractivity contribution >= 4 is 26.7 Å². The summed E-state index contributed by atoms with van der Waals surface area (Å²) in [6, 6.07) is 10.9. The number of ether oxygens (including phenoxy) is 1. The molecule has 1 amide bonds. The minimum absolute atomic E-state index is 0.0738. The third-order valence-electron chi connectivity index (χ3n) is 4.78. The van der Waals surface area contributed by atoms with Crippen molar-refractivity contribution in [3.63, 3.8) is 0 Å². The van der Waals surface area contributed by atoms with Crippen LogP contribution in [0.5, 0.6) is 0 Å². The lowest BCUT2D eigenvalue weighted by Gasteiger charge is -2.33. The summed E-state index contributed by atoms with van der Waals surface area (Å²) >= 11 is 0. The van der Waals surface area contributed by atoms with Gasteiger partial charge >= 0.3 is 6.09 Å². The number of hydrogen-bond donors (Lipinski definition) is 1. The van der Waals surface area contributed by atoms with Crippen molar-refractivity contribution in [3.8, 4) is 0 Å². The fraction of sp³-hybridized carbons (Fsp3) is 0.421. The van der Waals surface area contributed by atoms with Gasteiger partial charge in [0.25, 0.3) is 0 Å². The molecule has 0 saturated carbocycles. The molecule has 2 N–H and O–H groups in total. The van der Waals surface area contributed by atoms with E-state index in [1.165, 1.54) is 0 Å². The molecule has 0 aromatic heterocycles. The number of carbonyl (C=O) groups is 1. The van der Waals surface area contributed by atoms with Gasteiger partial charge in [-0.3, -0.25) is 4.90 Å². The number of fused-ring (bicyclic) bond motifs is 1. The fourth-order valence-electron chi connectivity index (χ4n) is 3.37. The monoisotopic (exact) mass is 391 g/mol. The number of benzene rings is 2. The number of nitrogens with two attached hydrogens (primary N) is 1. The van der Waals surface area contributed by atoms with Gasteiger partial charge in [0, 0.05) is 38.1 Å². The van der Waals surface area contributed by atoms with E-state index in [0.717, 1.165) is 10.9 Å². The molecule has 0 bridgehead atoms. The average Bonchev–Trinajstić information content (AvgIpc) is 2.67. The number of piperazine rings is 1. The Labute approximate surface area is 159 Å². The van der Waals surface area contributed by atoms with Crippen molar-refractivity contribution in [2.75, 3.05) is 38.7 Å². The number of carbonyl (C=O) groups excluding carboxylic acids is 1. The van der Waals surface area contributed by atoms with Gasteiger partial charge in [-0.25, -0.2) is 13.2 Å². The average molecular weight is 391 g/mol. The highest BCUT2D eigenvalue weighted by atomic mass is 32.2. The summed E-state index contributed by atoms with van der Waals surface area (Å²) in [5.41, 5.74) is 6.71. The molecule has 1 saturated heterocycles. The standard InChI is InChI=1S/C19H25N3O4S/c1-2-26-19(23)22-11-9-21(10-12-22)14-27(24,25)18-8-7-15(13-20)16-5-3-4-6-17(16)18/h3-8H,2,9-14,20H2,1H3. The maximum atomic E-state index is 13.1. The second-order valence-corrected chi connectivity index (χ2v) is 8.45. The van der Waals surface area contributed by atoms with Gasteiger partial charge in [0.2, 0.25) is 0 Å². The Kier molecular flexibility index (Phi) is 5.98. The van der Waals surface area contributed by atoms with E-state index in [9.17, 15) is 13.2 Å². The van der Waals surface area contributed by atoms with Gasteiger partial charge in [0.15, 0.2) is 9.84 Å². The number of rotatable bonds is 5. The Bertz CT molecular complexity index is 922. The number of sulfone groups is 1. The molecule has 3 rings (SSSR count). The predicted molar refractivity (Wildman–Crippen MR) is 104 cm³/mol. The topological polar surface area (TPSA) is 92.9 Å². The minimum Gasteiger partial charge on any atom is -0.450 e. The zero-order valence-corrected chi connectivity index (χ0v) is 16.2. The van der Waals surface area contributed by atoms with Gasteiger partial charge in [0.1, 0.15) is 5.88 Å². The summed E-state index contributed by atoms with van der Waals surface area (Å²) in [7, 11) is -3.51. The van der Waals surface area contributed by atoms with Crippen LogP contribution in [-0.2, 0) is 21.1 Å². The van der Waals surface area contributed by atoms with Gasteiger partial charge in [-0.05, 0) is 23.9 Å². The molecule has 27 heavy (non-hydrogen) atoms. The highest BCUT2D eigenvalue weighted by Gasteiger charge is 2.27. The molecule has 1 fully saturated rings. The van der Waals surface area contributed by atoms with E-state index in [0.29, 0.717) is 49.6 Å². The highest BCUT2D eigenvalue weighted by Crippen LogP contribution is 2.27. The Morgan fingerprint density at radius 1 is 1.07 bits per heavy atom. The van der Waals surface area contributed by atoms with E-state index < -0.39 is 9.84 Å². The second-order valence-electron chi connectivity index (χ2n) is 6.52. The zero-order valence-electron chi connectivity index (χ0n) is 15.4. The van der Waals surface area contributed by atoms with Gasteiger partial charge < -0.3 is 15.4 Å². The van der Waals surface area contributed by atoms with Crippen molar-refractivity contribution in [3.05, 3.63) is 42.0 Å². The molecular weight excluding hydrogens is 366 g/mol. The first-order valence-electron chi connectivity index (χ1n) is 9.03. The molecule has 0 radical (unpaired) electrons.